The molecule has 4 fully saturated rings. The Morgan fingerprint density at radius 1 is 0.900 bits per heavy atom. The van der Waals surface area contributed by atoms with Crippen LogP contribution >= 0.6 is 0 Å². The summed E-state index contributed by atoms with van der Waals surface area (Å²) in [5.41, 5.74) is 1.12. The van der Waals surface area contributed by atoms with E-state index in [0.29, 0.717) is 10.8 Å². The van der Waals surface area contributed by atoms with Crippen LogP contribution in [-0.4, -0.2) is 11.2 Å². The Kier molecular flexibility index (Phi) is 3.05. The number of aliphatic hydroxyl groups excluding tert-OH is 1. The third-order valence-corrected chi connectivity index (χ3v) is 8.33. The molecule has 4 saturated carbocycles. The third-order valence-electron chi connectivity index (χ3n) is 8.33. The lowest BCUT2D eigenvalue weighted by Gasteiger charge is -2.60. The van der Waals surface area contributed by atoms with Gasteiger partial charge in [0.2, 0.25) is 0 Å². The lowest BCUT2D eigenvalue weighted by molar-refractivity contribution is -0.103. The molecule has 114 valence electrons. The molecular formula is C19H32O. The van der Waals surface area contributed by atoms with E-state index < -0.39 is 0 Å². The molecule has 6 unspecified atom stereocenters. The highest BCUT2D eigenvalue weighted by Gasteiger charge is 2.58. The first-order valence-electron chi connectivity index (χ1n) is 9.21. The maximum Gasteiger partial charge on any atom is 0.0548 e. The van der Waals surface area contributed by atoms with Crippen molar-refractivity contribution in [2.24, 2.45) is 34.5 Å². The molecule has 0 bridgehead atoms. The Morgan fingerprint density at radius 2 is 1.75 bits per heavy atom. The molecule has 4 aliphatic rings. The standard InChI is InChI=1S/C19H32O/c1-18-10-8-16-15(17(18)11-14(20)12-18)7-6-13-5-3-4-9-19(13,16)2/h13-17,20H,3-12H2,1-2H3/t13?,14-,15?,16?,17?,18?,19?/m1/s1. The molecule has 1 heteroatoms. The molecule has 0 aromatic carbocycles. The van der Waals surface area contributed by atoms with Crippen LogP contribution in [0.15, 0.2) is 0 Å². The predicted octanol–water partition coefficient (Wildman–Crippen LogP) is 4.78. The Morgan fingerprint density at radius 3 is 2.60 bits per heavy atom. The van der Waals surface area contributed by atoms with E-state index in [-0.39, 0.29) is 6.10 Å². The molecule has 1 N–H and O–H groups in total. The second kappa shape index (κ2) is 4.48. The smallest absolute Gasteiger partial charge is 0.0548 e. The van der Waals surface area contributed by atoms with Crippen molar-refractivity contribution in [3.05, 3.63) is 0 Å². The Bertz CT molecular complexity index is 391. The third kappa shape index (κ3) is 1.77. The van der Waals surface area contributed by atoms with Crippen LogP contribution in [0.25, 0.3) is 0 Å². The quantitative estimate of drug-likeness (QED) is 0.675. The molecule has 0 amide bonds. The van der Waals surface area contributed by atoms with Gasteiger partial charge in [0.25, 0.3) is 0 Å². The highest BCUT2D eigenvalue weighted by atomic mass is 16.3. The van der Waals surface area contributed by atoms with Gasteiger partial charge < -0.3 is 5.11 Å². The number of hydrogen-bond donors (Lipinski definition) is 1. The zero-order chi connectivity index (χ0) is 14.0. The van der Waals surface area contributed by atoms with Gasteiger partial charge in [0.05, 0.1) is 6.10 Å². The van der Waals surface area contributed by atoms with Crippen molar-refractivity contribution in [1.29, 1.82) is 0 Å². The highest BCUT2D eigenvalue weighted by molar-refractivity contribution is 5.07. The van der Waals surface area contributed by atoms with E-state index in [2.05, 4.69) is 13.8 Å². The van der Waals surface area contributed by atoms with Gasteiger partial charge in [-0.1, -0.05) is 26.7 Å². The van der Waals surface area contributed by atoms with Crippen LogP contribution in [0, 0.1) is 34.5 Å². The summed E-state index contributed by atoms with van der Waals surface area (Å²) in [6.45, 7) is 5.13. The van der Waals surface area contributed by atoms with Crippen LogP contribution < -0.4 is 0 Å². The fraction of sp³-hybridized carbons (Fsp3) is 1.00. The minimum atomic E-state index is 0.000588. The van der Waals surface area contributed by atoms with Crippen molar-refractivity contribution in [3.8, 4) is 0 Å². The van der Waals surface area contributed by atoms with Gasteiger partial charge in [0, 0.05) is 0 Å². The monoisotopic (exact) mass is 276 g/mol. The van der Waals surface area contributed by atoms with Crippen LogP contribution in [-0.2, 0) is 0 Å². The lowest BCUT2D eigenvalue weighted by atomic mass is 9.45. The van der Waals surface area contributed by atoms with Gasteiger partial charge in [-0.25, -0.2) is 0 Å². The Balaban J connectivity index is 1.64. The minimum absolute atomic E-state index is 0.000588. The van der Waals surface area contributed by atoms with E-state index in [1.54, 1.807) is 0 Å². The maximum absolute atomic E-state index is 10.2. The lowest BCUT2D eigenvalue weighted by Crippen LogP contribution is -2.51. The Labute approximate surface area is 124 Å². The molecule has 0 saturated heterocycles. The second-order valence-corrected chi connectivity index (χ2v) is 9.19. The largest absolute Gasteiger partial charge is 0.393 e. The van der Waals surface area contributed by atoms with Crippen molar-refractivity contribution >= 4 is 0 Å². The van der Waals surface area contributed by atoms with Gasteiger partial charge >= 0.3 is 0 Å². The average Bonchev–Trinajstić information content (AvgIpc) is 2.72. The summed E-state index contributed by atoms with van der Waals surface area (Å²) >= 11 is 0. The molecule has 0 spiro atoms. The van der Waals surface area contributed by atoms with Gasteiger partial charge in [0.15, 0.2) is 0 Å². The fourth-order valence-corrected chi connectivity index (χ4v) is 7.32. The predicted molar refractivity (Wildman–Crippen MR) is 82.4 cm³/mol. The normalized spacial score (nSPS) is 58.6. The molecule has 0 aromatic rings. The first-order chi connectivity index (χ1) is 9.53. The molecule has 7 atom stereocenters. The Hall–Kier alpha value is -0.0400. The summed E-state index contributed by atoms with van der Waals surface area (Å²) in [6.07, 6.45) is 13.9. The van der Waals surface area contributed by atoms with E-state index in [1.165, 1.54) is 51.4 Å². The van der Waals surface area contributed by atoms with Crippen molar-refractivity contribution < 1.29 is 5.11 Å². The van der Waals surface area contributed by atoms with E-state index in [4.69, 9.17) is 0 Å². The molecule has 4 aliphatic carbocycles. The van der Waals surface area contributed by atoms with Gasteiger partial charge in [-0.2, -0.15) is 0 Å². The molecule has 4 rings (SSSR count). The fourth-order valence-electron chi connectivity index (χ4n) is 7.32. The first-order valence-corrected chi connectivity index (χ1v) is 9.21. The van der Waals surface area contributed by atoms with Crippen molar-refractivity contribution in [3.63, 3.8) is 0 Å². The molecule has 0 aromatic heterocycles. The number of aliphatic hydroxyl groups is 1. The van der Waals surface area contributed by atoms with Crippen LogP contribution in [0.1, 0.15) is 78.1 Å². The van der Waals surface area contributed by atoms with Gasteiger partial charge in [-0.05, 0) is 85.9 Å². The van der Waals surface area contributed by atoms with Crippen LogP contribution in [0.4, 0.5) is 0 Å². The topological polar surface area (TPSA) is 20.2 Å². The molecule has 0 radical (unpaired) electrons. The van der Waals surface area contributed by atoms with E-state index in [0.717, 1.165) is 36.5 Å². The van der Waals surface area contributed by atoms with E-state index in [1.807, 2.05) is 0 Å². The summed E-state index contributed by atoms with van der Waals surface area (Å²) in [6, 6.07) is 0. The zero-order valence-electron chi connectivity index (χ0n) is 13.4. The molecule has 0 heterocycles. The van der Waals surface area contributed by atoms with Crippen molar-refractivity contribution in [2.75, 3.05) is 0 Å². The van der Waals surface area contributed by atoms with Crippen LogP contribution in [0.2, 0.25) is 0 Å². The van der Waals surface area contributed by atoms with Crippen LogP contribution in [0.5, 0.6) is 0 Å². The number of hydrogen-bond acceptors (Lipinski definition) is 1. The summed E-state index contributed by atoms with van der Waals surface area (Å²) in [5, 5.41) is 10.2. The number of fused-ring (bicyclic) bond motifs is 5. The number of rotatable bonds is 0. The molecule has 20 heavy (non-hydrogen) atoms. The SMILES string of the molecule is CC12CCC3C(CCC4CCCCC43C)C1C[C@@H](O)C2. The summed E-state index contributed by atoms with van der Waals surface area (Å²) < 4.78 is 0. The average molecular weight is 276 g/mol. The van der Waals surface area contributed by atoms with Gasteiger partial charge in [0.1, 0.15) is 0 Å². The summed E-state index contributed by atoms with van der Waals surface area (Å²) in [4.78, 5) is 0. The molecule has 1 nitrogen and oxygen atoms in total. The molecule has 0 aliphatic heterocycles. The summed E-state index contributed by atoms with van der Waals surface area (Å²) in [7, 11) is 0. The van der Waals surface area contributed by atoms with Gasteiger partial charge in [-0.3, -0.25) is 0 Å². The highest BCUT2D eigenvalue weighted by Crippen LogP contribution is 2.66. The van der Waals surface area contributed by atoms with Crippen LogP contribution in [0.3, 0.4) is 0 Å². The van der Waals surface area contributed by atoms with E-state index in [9.17, 15) is 5.11 Å². The zero-order valence-corrected chi connectivity index (χ0v) is 13.4. The van der Waals surface area contributed by atoms with Crippen molar-refractivity contribution in [2.45, 2.75) is 84.2 Å². The second-order valence-electron chi connectivity index (χ2n) is 9.19. The summed E-state index contributed by atoms with van der Waals surface area (Å²) in [5.74, 6) is 3.76. The molecular weight excluding hydrogens is 244 g/mol. The maximum atomic E-state index is 10.2. The minimum Gasteiger partial charge on any atom is -0.393 e. The van der Waals surface area contributed by atoms with Crippen molar-refractivity contribution in [1.82, 2.24) is 0 Å². The van der Waals surface area contributed by atoms with Gasteiger partial charge in [-0.15, -0.1) is 0 Å². The van der Waals surface area contributed by atoms with E-state index >= 15 is 0 Å². The first kappa shape index (κ1) is 13.6.